The number of amides is 1. The Morgan fingerprint density at radius 2 is 1.70 bits per heavy atom. The number of hydrogen-bond donors (Lipinski definition) is 1. The van der Waals surface area contributed by atoms with Gasteiger partial charge in [0.15, 0.2) is 11.5 Å². The number of hydrogen-bond acceptors (Lipinski definition) is 6. The molecule has 0 atom stereocenters. The molecular formula is C31H31N3O6. The average Bonchev–Trinajstić information content (AvgIpc) is 3.22. The van der Waals surface area contributed by atoms with Crippen molar-refractivity contribution in [1.82, 2.24) is 9.36 Å². The van der Waals surface area contributed by atoms with Crippen LogP contribution in [-0.4, -0.2) is 34.5 Å². The van der Waals surface area contributed by atoms with E-state index in [1.807, 2.05) is 49.4 Å². The van der Waals surface area contributed by atoms with Crippen molar-refractivity contribution >= 4 is 17.6 Å². The molecule has 0 fully saturated rings. The van der Waals surface area contributed by atoms with Gasteiger partial charge in [-0.2, -0.15) is 0 Å². The minimum absolute atomic E-state index is 0.189. The Kier molecular flexibility index (Phi) is 7.72. The predicted molar refractivity (Wildman–Crippen MR) is 151 cm³/mol. The molecule has 1 aliphatic heterocycles. The lowest BCUT2D eigenvalue weighted by Gasteiger charge is -2.21. The van der Waals surface area contributed by atoms with Crippen LogP contribution < -0.4 is 20.3 Å². The van der Waals surface area contributed by atoms with E-state index in [9.17, 15) is 14.4 Å². The van der Waals surface area contributed by atoms with Crippen molar-refractivity contribution in [3.8, 4) is 23.1 Å². The summed E-state index contributed by atoms with van der Waals surface area (Å²) in [5.74, 6) is 0.626. The lowest BCUT2D eigenvalue weighted by molar-refractivity contribution is -0.117. The molecular weight excluding hydrogens is 510 g/mol. The van der Waals surface area contributed by atoms with Crippen LogP contribution >= 0.6 is 0 Å². The van der Waals surface area contributed by atoms with E-state index in [4.69, 9.17) is 14.2 Å². The number of nitrogens with one attached hydrogen (secondary N) is 1. The molecule has 1 aliphatic rings. The molecule has 1 N–H and O–H groups in total. The summed E-state index contributed by atoms with van der Waals surface area (Å²) in [4.78, 5) is 39.0. The molecule has 0 aliphatic carbocycles. The Morgan fingerprint density at radius 3 is 2.38 bits per heavy atom. The quantitative estimate of drug-likeness (QED) is 0.260. The molecule has 9 heteroatoms. The smallest absolute Gasteiger partial charge is 0.338 e. The summed E-state index contributed by atoms with van der Waals surface area (Å²) >= 11 is 0. The number of rotatable bonds is 9. The van der Waals surface area contributed by atoms with Crippen molar-refractivity contribution in [2.24, 2.45) is 0 Å². The third-order valence-corrected chi connectivity index (χ3v) is 6.67. The largest absolute Gasteiger partial charge is 0.490 e. The molecule has 0 radical (unpaired) electrons. The molecule has 2 heterocycles. The first-order chi connectivity index (χ1) is 19.4. The molecule has 1 aromatic heterocycles. The summed E-state index contributed by atoms with van der Waals surface area (Å²) < 4.78 is 20.2. The molecule has 206 valence electrons. The molecule has 0 bridgehead atoms. The van der Waals surface area contributed by atoms with Gasteiger partial charge < -0.3 is 19.5 Å². The molecule has 0 spiro atoms. The molecule has 0 saturated carbocycles. The third-order valence-electron chi connectivity index (χ3n) is 6.67. The van der Waals surface area contributed by atoms with E-state index in [1.165, 1.54) is 4.68 Å². The summed E-state index contributed by atoms with van der Waals surface area (Å²) in [5.41, 5.74) is 3.71. The van der Waals surface area contributed by atoms with Crippen molar-refractivity contribution < 1.29 is 23.8 Å². The van der Waals surface area contributed by atoms with Gasteiger partial charge in [-0.25, -0.2) is 14.2 Å². The van der Waals surface area contributed by atoms with Crippen molar-refractivity contribution in [3.63, 3.8) is 0 Å². The monoisotopic (exact) mass is 541 g/mol. The number of ether oxygens (including phenoxy) is 3. The summed E-state index contributed by atoms with van der Waals surface area (Å²) in [7, 11) is 0. The fraction of sp³-hybridized carbons (Fsp3) is 0.258. The van der Waals surface area contributed by atoms with Crippen LogP contribution in [0.25, 0.3) is 5.69 Å². The first-order valence-electron chi connectivity index (χ1n) is 13.4. The first-order valence-corrected chi connectivity index (χ1v) is 13.4. The number of anilines is 1. The number of benzene rings is 3. The normalized spacial score (nSPS) is 11.7. The number of aromatic nitrogens is 2. The Hall–Kier alpha value is -4.79. The highest BCUT2D eigenvalue weighted by atomic mass is 16.5. The van der Waals surface area contributed by atoms with Crippen molar-refractivity contribution in [2.75, 3.05) is 18.5 Å². The van der Waals surface area contributed by atoms with Crippen LogP contribution in [-0.2, 0) is 28.9 Å². The van der Waals surface area contributed by atoms with E-state index < -0.39 is 5.97 Å². The predicted octanol–water partition coefficient (Wildman–Crippen LogP) is 5.11. The molecule has 9 nitrogen and oxygen atoms in total. The second-order valence-corrected chi connectivity index (χ2v) is 9.28. The maximum atomic E-state index is 13.8. The SMILES string of the molecule is CCOC(=O)c1ccc(NC(=O)Cn2c3c(c(=O)n2-c2ccc(CC)cc2)Cc2cccc(OCC)c2O3)cc1. The van der Waals surface area contributed by atoms with E-state index in [1.54, 1.807) is 35.9 Å². The molecule has 5 rings (SSSR count). The van der Waals surface area contributed by atoms with E-state index in [0.717, 1.165) is 17.5 Å². The number of para-hydroxylation sites is 1. The van der Waals surface area contributed by atoms with Crippen LogP contribution in [0.5, 0.6) is 17.4 Å². The van der Waals surface area contributed by atoms with Crippen LogP contribution in [0.1, 0.15) is 47.8 Å². The van der Waals surface area contributed by atoms with Crippen LogP contribution in [0.3, 0.4) is 0 Å². The summed E-state index contributed by atoms with van der Waals surface area (Å²) in [6.07, 6.45) is 1.21. The van der Waals surface area contributed by atoms with Crippen molar-refractivity contribution in [3.05, 3.63) is 99.3 Å². The number of fused-ring (bicyclic) bond motifs is 2. The van der Waals surface area contributed by atoms with E-state index in [0.29, 0.717) is 52.9 Å². The first kappa shape index (κ1) is 26.8. The molecule has 40 heavy (non-hydrogen) atoms. The van der Waals surface area contributed by atoms with Crippen LogP contribution in [0.15, 0.2) is 71.5 Å². The Bertz CT molecular complexity index is 1600. The lowest BCUT2D eigenvalue weighted by atomic mass is 10.0. The highest BCUT2D eigenvalue weighted by Crippen LogP contribution is 2.42. The van der Waals surface area contributed by atoms with Gasteiger partial charge in [-0.3, -0.25) is 9.59 Å². The summed E-state index contributed by atoms with van der Waals surface area (Å²) in [6.45, 7) is 6.24. The summed E-state index contributed by atoms with van der Waals surface area (Å²) in [5, 5.41) is 2.84. The standard InChI is InChI=1S/C31H31N3O6/c1-4-20-10-16-24(17-11-20)34-29(36)25-18-22-8-7-9-26(38-5-2)28(22)40-30(25)33(34)19-27(35)32-23-14-12-21(13-15-23)31(37)39-6-3/h7-17H,4-6,18-19H2,1-3H3,(H,32,35). The van der Waals surface area contributed by atoms with Crippen molar-refractivity contribution in [2.45, 2.75) is 40.2 Å². The van der Waals surface area contributed by atoms with Gasteiger partial charge in [0.05, 0.1) is 30.0 Å². The third kappa shape index (κ3) is 5.22. The van der Waals surface area contributed by atoms with Gasteiger partial charge in [0, 0.05) is 17.7 Å². The molecule has 3 aromatic carbocycles. The van der Waals surface area contributed by atoms with E-state index in [-0.39, 0.29) is 24.6 Å². The van der Waals surface area contributed by atoms with Gasteiger partial charge >= 0.3 is 5.97 Å². The van der Waals surface area contributed by atoms with Crippen LogP contribution in [0, 0.1) is 0 Å². The lowest BCUT2D eigenvalue weighted by Crippen LogP contribution is -2.27. The zero-order valence-corrected chi connectivity index (χ0v) is 22.7. The minimum Gasteiger partial charge on any atom is -0.490 e. The minimum atomic E-state index is -0.429. The fourth-order valence-electron chi connectivity index (χ4n) is 4.73. The van der Waals surface area contributed by atoms with Crippen LogP contribution in [0.4, 0.5) is 5.69 Å². The topological polar surface area (TPSA) is 101 Å². The Balaban J connectivity index is 1.50. The Labute approximate surface area is 231 Å². The Morgan fingerprint density at radius 1 is 0.950 bits per heavy atom. The second kappa shape index (κ2) is 11.5. The molecule has 0 unspecified atom stereocenters. The van der Waals surface area contributed by atoms with Gasteiger partial charge in [-0.15, -0.1) is 0 Å². The van der Waals surface area contributed by atoms with Gasteiger partial charge in [0.25, 0.3) is 5.56 Å². The number of aryl methyl sites for hydroxylation is 1. The maximum absolute atomic E-state index is 13.8. The molecule has 0 saturated heterocycles. The van der Waals surface area contributed by atoms with E-state index >= 15 is 0 Å². The zero-order chi connectivity index (χ0) is 28.2. The van der Waals surface area contributed by atoms with Gasteiger partial charge in [-0.1, -0.05) is 31.2 Å². The number of carbonyl (C=O) groups is 2. The van der Waals surface area contributed by atoms with Crippen molar-refractivity contribution in [1.29, 1.82) is 0 Å². The maximum Gasteiger partial charge on any atom is 0.338 e. The number of nitrogens with zero attached hydrogens (tertiary/aromatic N) is 2. The van der Waals surface area contributed by atoms with Crippen LogP contribution in [0.2, 0.25) is 0 Å². The highest BCUT2D eigenvalue weighted by Gasteiger charge is 2.31. The van der Waals surface area contributed by atoms with Gasteiger partial charge in [0.1, 0.15) is 6.54 Å². The molecule has 4 aromatic rings. The molecule has 1 amide bonds. The highest BCUT2D eigenvalue weighted by molar-refractivity contribution is 5.93. The van der Waals surface area contributed by atoms with Gasteiger partial charge in [0.2, 0.25) is 11.8 Å². The average molecular weight is 542 g/mol. The summed E-state index contributed by atoms with van der Waals surface area (Å²) in [6, 6.07) is 19.7. The zero-order valence-electron chi connectivity index (χ0n) is 22.7. The second-order valence-electron chi connectivity index (χ2n) is 9.28. The fourth-order valence-corrected chi connectivity index (χ4v) is 4.73. The number of esters is 1. The van der Waals surface area contributed by atoms with Gasteiger partial charge in [-0.05, 0) is 68.3 Å². The number of carbonyl (C=O) groups excluding carboxylic acids is 2. The van der Waals surface area contributed by atoms with E-state index in [2.05, 4.69) is 12.2 Å².